The second-order valence-corrected chi connectivity index (χ2v) is 7.65. The summed E-state index contributed by atoms with van der Waals surface area (Å²) in [5.74, 6) is 0.355. The zero-order valence-corrected chi connectivity index (χ0v) is 18.3. The van der Waals surface area contributed by atoms with Gasteiger partial charge in [-0.2, -0.15) is 18.3 Å². The molecule has 1 N–H and O–H groups in total. The minimum absolute atomic E-state index is 0.0687. The maximum atomic E-state index is 13.1. The van der Waals surface area contributed by atoms with E-state index >= 15 is 0 Å². The fourth-order valence-electron chi connectivity index (χ4n) is 3.13. The number of aryl methyl sites for hydroxylation is 3. The van der Waals surface area contributed by atoms with Crippen LogP contribution in [-0.2, 0) is 26.8 Å². The third-order valence-electron chi connectivity index (χ3n) is 4.92. The van der Waals surface area contributed by atoms with E-state index in [1.54, 1.807) is 0 Å². The highest BCUT2D eigenvalue weighted by atomic mass is 19.4. The second kappa shape index (κ2) is 9.41. The summed E-state index contributed by atoms with van der Waals surface area (Å²) in [6.07, 6.45) is -0.836. The standard InChI is InChI=1S/C21H25F3N6O2/c1-13-5-6-16(25-10-13)14(2)7-8-32-18-9-17(20(31)30(4)27-18)26-11-15-12-29(3)28-19(15)21(22,23)24/h5-6,9-10,12,14,26H,7-8,11H2,1-4H3/t14-/m1/s1. The highest BCUT2D eigenvalue weighted by molar-refractivity contribution is 5.44. The Bertz CT molecular complexity index is 1120. The molecule has 1 atom stereocenters. The SMILES string of the molecule is Cc1ccc([C@H](C)CCOc2cc(NCc3cn(C)nc3C(F)(F)F)c(=O)n(C)n2)nc1. The van der Waals surface area contributed by atoms with E-state index in [-0.39, 0.29) is 29.6 Å². The minimum Gasteiger partial charge on any atom is -0.477 e. The molecule has 8 nitrogen and oxygen atoms in total. The molecule has 0 aliphatic heterocycles. The molecule has 3 heterocycles. The Labute approximate surface area is 183 Å². The van der Waals surface area contributed by atoms with Crippen molar-refractivity contribution in [2.45, 2.75) is 38.9 Å². The van der Waals surface area contributed by atoms with Gasteiger partial charge in [0, 0.05) is 56.3 Å². The maximum absolute atomic E-state index is 13.1. The summed E-state index contributed by atoms with van der Waals surface area (Å²) in [6, 6.07) is 5.36. The first-order chi connectivity index (χ1) is 15.0. The number of anilines is 1. The molecular weight excluding hydrogens is 425 g/mol. The number of pyridine rings is 1. The number of ether oxygens (including phenoxy) is 1. The Kier molecular flexibility index (Phi) is 6.85. The number of nitrogens with one attached hydrogen (secondary N) is 1. The second-order valence-electron chi connectivity index (χ2n) is 7.65. The Morgan fingerprint density at radius 1 is 1.22 bits per heavy atom. The average molecular weight is 450 g/mol. The van der Waals surface area contributed by atoms with Crippen LogP contribution in [0.3, 0.4) is 0 Å². The molecule has 3 rings (SSSR count). The molecule has 0 bridgehead atoms. The first kappa shape index (κ1) is 23.3. The Morgan fingerprint density at radius 2 is 1.97 bits per heavy atom. The van der Waals surface area contributed by atoms with Crippen molar-refractivity contribution in [1.82, 2.24) is 24.5 Å². The molecule has 0 unspecified atom stereocenters. The smallest absolute Gasteiger partial charge is 0.435 e. The lowest BCUT2D eigenvalue weighted by Crippen LogP contribution is -2.24. The summed E-state index contributed by atoms with van der Waals surface area (Å²) in [5, 5.41) is 10.3. The number of halogens is 3. The van der Waals surface area contributed by atoms with E-state index in [1.807, 2.05) is 32.2 Å². The molecule has 0 fully saturated rings. The molecule has 0 spiro atoms. The molecular formula is C21H25F3N6O2. The van der Waals surface area contributed by atoms with E-state index in [1.165, 1.54) is 26.4 Å². The van der Waals surface area contributed by atoms with Gasteiger partial charge in [-0.15, -0.1) is 5.10 Å². The predicted molar refractivity (Wildman–Crippen MR) is 113 cm³/mol. The maximum Gasteiger partial charge on any atom is 0.435 e. The summed E-state index contributed by atoms with van der Waals surface area (Å²) in [4.78, 5) is 16.8. The van der Waals surface area contributed by atoms with Crippen molar-refractivity contribution in [3.05, 3.63) is 63.5 Å². The van der Waals surface area contributed by atoms with Crippen LogP contribution in [0, 0.1) is 6.92 Å². The van der Waals surface area contributed by atoms with Crippen LogP contribution in [0.1, 0.15) is 41.8 Å². The fraction of sp³-hybridized carbons (Fsp3) is 0.429. The molecule has 0 radical (unpaired) electrons. The molecule has 0 aliphatic carbocycles. The Balaban J connectivity index is 1.66. The van der Waals surface area contributed by atoms with Gasteiger partial charge in [-0.1, -0.05) is 13.0 Å². The lowest BCUT2D eigenvalue weighted by molar-refractivity contribution is -0.142. The van der Waals surface area contributed by atoms with Crippen molar-refractivity contribution in [2.24, 2.45) is 14.1 Å². The van der Waals surface area contributed by atoms with Gasteiger partial charge in [-0.3, -0.25) is 14.5 Å². The van der Waals surface area contributed by atoms with E-state index in [9.17, 15) is 18.0 Å². The Hall–Kier alpha value is -3.37. The van der Waals surface area contributed by atoms with Crippen molar-refractivity contribution in [3.63, 3.8) is 0 Å². The zero-order valence-electron chi connectivity index (χ0n) is 18.3. The molecule has 0 aliphatic rings. The van der Waals surface area contributed by atoms with Gasteiger partial charge in [0.1, 0.15) is 5.69 Å². The number of hydrogen-bond donors (Lipinski definition) is 1. The van der Waals surface area contributed by atoms with Gasteiger partial charge in [0.05, 0.1) is 6.61 Å². The van der Waals surface area contributed by atoms with E-state index in [2.05, 4.69) is 20.5 Å². The molecule has 0 aromatic carbocycles. The van der Waals surface area contributed by atoms with Crippen molar-refractivity contribution in [3.8, 4) is 5.88 Å². The summed E-state index contributed by atoms with van der Waals surface area (Å²) < 4.78 is 47.3. The van der Waals surface area contributed by atoms with E-state index in [0.29, 0.717) is 13.0 Å². The number of rotatable bonds is 8. The summed E-state index contributed by atoms with van der Waals surface area (Å²) in [7, 11) is 2.85. The fourth-order valence-corrected chi connectivity index (χ4v) is 3.13. The van der Waals surface area contributed by atoms with E-state index in [4.69, 9.17) is 4.74 Å². The first-order valence-corrected chi connectivity index (χ1v) is 10.0. The van der Waals surface area contributed by atoms with Crippen LogP contribution in [0.15, 0.2) is 35.4 Å². The molecule has 11 heteroatoms. The highest BCUT2D eigenvalue weighted by Crippen LogP contribution is 2.30. The van der Waals surface area contributed by atoms with E-state index < -0.39 is 17.4 Å². The molecule has 0 saturated heterocycles. The van der Waals surface area contributed by atoms with Gasteiger partial charge in [-0.05, 0) is 25.0 Å². The summed E-state index contributed by atoms with van der Waals surface area (Å²) in [6.45, 7) is 4.12. The number of nitrogens with zero attached hydrogens (tertiary/aromatic N) is 5. The largest absolute Gasteiger partial charge is 0.477 e. The first-order valence-electron chi connectivity index (χ1n) is 10.0. The van der Waals surface area contributed by atoms with Gasteiger partial charge in [0.2, 0.25) is 5.88 Å². The van der Waals surface area contributed by atoms with Crippen LogP contribution in [0.5, 0.6) is 5.88 Å². The predicted octanol–water partition coefficient (Wildman–Crippen LogP) is 3.42. The van der Waals surface area contributed by atoms with Crippen molar-refractivity contribution in [2.75, 3.05) is 11.9 Å². The lowest BCUT2D eigenvalue weighted by atomic mass is 10.0. The number of alkyl halides is 3. The zero-order chi connectivity index (χ0) is 23.5. The highest BCUT2D eigenvalue weighted by Gasteiger charge is 2.36. The summed E-state index contributed by atoms with van der Waals surface area (Å²) >= 11 is 0. The van der Waals surface area contributed by atoms with Crippen LogP contribution in [-0.4, -0.2) is 31.2 Å². The molecule has 172 valence electrons. The summed E-state index contributed by atoms with van der Waals surface area (Å²) in [5.41, 5.74) is 0.580. The molecule has 0 saturated carbocycles. The molecule has 32 heavy (non-hydrogen) atoms. The minimum atomic E-state index is -4.58. The molecule has 3 aromatic heterocycles. The van der Waals surface area contributed by atoms with Gasteiger partial charge in [-0.25, -0.2) is 4.68 Å². The van der Waals surface area contributed by atoms with E-state index in [0.717, 1.165) is 20.6 Å². The molecule has 3 aromatic rings. The van der Waals surface area contributed by atoms with Crippen LogP contribution < -0.4 is 15.6 Å². The van der Waals surface area contributed by atoms with Crippen molar-refractivity contribution < 1.29 is 17.9 Å². The topological polar surface area (TPSA) is 86.9 Å². The van der Waals surface area contributed by atoms with Crippen molar-refractivity contribution >= 4 is 5.69 Å². The van der Waals surface area contributed by atoms with Gasteiger partial charge in [0.15, 0.2) is 5.69 Å². The number of aromatic nitrogens is 5. The normalized spacial score (nSPS) is 12.6. The third kappa shape index (κ3) is 5.65. The van der Waals surface area contributed by atoms with Crippen LogP contribution in [0.25, 0.3) is 0 Å². The van der Waals surface area contributed by atoms with Crippen LogP contribution >= 0.6 is 0 Å². The van der Waals surface area contributed by atoms with Crippen molar-refractivity contribution in [1.29, 1.82) is 0 Å². The monoisotopic (exact) mass is 450 g/mol. The van der Waals surface area contributed by atoms with Crippen LogP contribution in [0.4, 0.5) is 18.9 Å². The quantitative estimate of drug-likeness (QED) is 0.566. The van der Waals surface area contributed by atoms with Crippen LogP contribution in [0.2, 0.25) is 0 Å². The van der Waals surface area contributed by atoms with Gasteiger partial charge < -0.3 is 10.1 Å². The third-order valence-corrected chi connectivity index (χ3v) is 4.92. The Morgan fingerprint density at radius 3 is 2.62 bits per heavy atom. The van der Waals surface area contributed by atoms with Gasteiger partial charge in [0.25, 0.3) is 5.56 Å². The number of hydrogen-bond acceptors (Lipinski definition) is 6. The average Bonchev–Trinajstić information content (AvgIpc) is 3.11. The molecule has 0 amide bonds. The lowest BCUT2D eigenvalue weighted by Gasteiger charge is -2.13. The van der Waals surface area contributed by atoms with Gasteiger partial charge >= 0.3 is 6.18 Å².